The molecule has 1 N–H and O–H groups in total. The summed E-state index contributed by atoms with van der Waals surface area (Å²) in [5.41, 5.74) is -0.988. The van der Waals surface area contributed by atoms with Crippen molar-refractivity contribution in [1.82, 2.24) is 4.90 Å². The van der Waals surface area contributed by atoms with E-state index in [2.05, 4.69) is 5.32 Å². The second-order valence-electron chi connectivity index (χ2n) is 6.75. The number of nitrogens with zero attached hydrogens (tertiary/aromatic N) is 2. The molecule has 2 aromatic rings. The molecule has 0 atom stereocenters. The lowest BCUT2D eigenvalue weighted by molar-refractivity contribution is -0.384. The van der Waals surface area contributed by atoms with Gasteiger partial charge in [0.05, 0.1) is 28.2 Å². The molecular formula is C20H17N3O9. The van der Waals surface area contributed by atoms with Crippen LogP contribution in [-0.2, 0) is 9.53 Å². The third-order valence-electron chi connectivity index (χ3n) is 4.64. The highest BCUT2D eigenvalue weighted by Crippen LogP contribution is 2.30. The summed E-state index contributed by atoms with van der Waals surface area (Å²) in [6, 6.07) is 3.18. The van der Waals surface area contributed by atoms with Gasteiger partial charge in [-0.2, -0.15) is 0 Å². The highest BCUT2D eigenvalue weighted by Gasteiger charge is 2.38. The number of fused-ring (bicyclic) bond motifs is 1. The topological polar surface area (TPSA) is 166 Å². The van der Waals surface area contributed by atoms with E-state index in [1.165, 1.54) is 13.8 Å². The predicted octanol–water partition coefficient (Wildman–Crippen LogP) is 2.11. The van der Waals surface area contributed by atoms with E-state index in [0.717, 1.165) is 18.2 Å². The Bertz CT molecular complexity index is 1200. The number of rotatable bonds is 7. The maximum atomic E-state index is 12.5. The number of aryl methyl sites for hydroxylation is 1. The fraction of sp³-hybridized carbons (Fsp3) is 0.250. The van der Waals surface area contributed by atoms with E-state index in [1.807, 2.05) is 0 Å². The monoisotopic (exact) mass is 443 g/mol. The van der Waals surface area contributed by atoms with Crippen LogP contribution in [0.2, 0.25) is 0 Å². The van der Waals surface area contributed by atoms with Crippen LogP contribution in [0.4, 0.5) is 11.6 Å². The number of hydrogen-bond donors (Lipinski definition) is 1. The minimum Gasteiger partial charge on any atom is -0.462 e. The quantitative estimate of drug-likeness (QED) is 0.222. The molecule has 32 heavy (non-hydrogen) atoms. The molecule has 12 heteroatoms. The van der Waals surface area contributed by atoms with E-state index in [9.17, 15) is 34.1 Å². The molecule has 3 amide bonds. The predicted molar refractivity (Wildman–Crippen MR) is 106 cm³/mol. The van der Waals surface area contributed by atoms with Crippen LogP contribution in [0.25, 0.3) is 0 Å². The first-order valence-electron chi connectivity index (χ1n) is 9.32. The summed E-state index contributed by atoms with van der Waals surface area (Å²) >= 11 is 0. The molecule has 0 unspecified atom stereocenters. The summed E-state index contributed by atoms with van der Waals surface area (Å²) in [5, 5.41) is 13.2. The van der Waals surface area contributed by atoms with Crippen molar-refractivity contribution in [2.24, 2.45) is 0 Å². The number of carbonyl (C=O) groups excluding carboxylic acids is 5. The zero-order valence-electron chi connectivity index (χ0n) is 17.2. The summed E-state index contributed by atoms with van der Waals surface area (Å²) < 4.78 is 10.3. The lowest BCUT2D eigenvalue weighted by atomic mass is 10.1. The van der Waals surface area contributed by atoms with Crippen LogP contribution in [0.15, 0.2) is 22.6 Å². The van der Waals surface area contributed by atoms with Gasteiger partial charge in [-0.25, -0.2) is 4.79 Å². The number of furan rings is 1. The number of esters is 1. The molecular weight excluding hydrogens is 426 g/mol. The Morgan fingerprint density at radius 2 is 1.81 bits per heavy atom. The van der Waals surface area contributed by atoms with Crippen LogP contribution in [0.1, 0.15) is 61.0 Å². The molecule has 1 aromatic heterocycles. The average molecular weight is 443 g/mol. The highest BCUT2D eigenvalue weighted by molar-refractivity contribution is 6.23. The van der Waals surface area contributed by atoms with Crippen molar-refractivity contribution in [3.05, 3.63) is 56.3 Å². The number of nitro groups is 1. The normalized spacial score (nSPS) is 12.5. The fourth-order valence-corrected chi connectivity index (χ4v) is 3.30. The van der Waals surface area contributed by atoms with Crippen LogP contribution in [0, 0.1) is 17.0 Å². The van der Waals surface area contributed by atoms with Crippen molar-refractivity contribution in [3.8, 4) is 0 Å². The van der Waals surface area contributed by atoms with Crippen molar-refractivity contribution in [1.29, 1.82) is 0 Å². The third-order valence-corrected chi connectivity index (χ3v) is 4.64. The number of ether oxygens (including phenoxy) is 1. The van der Waals surface area contributed by atoms with Gasteiger partial charge in [-0.3, -0.25) is 39.5 Å². The van der Waals surface area contributed by atoms with E-state index < -0.39 is 40.9 Å². The van der Waals surface area contributed by atoms with E-state index in [4.69, 9.17) is 9.15 Å². The zero-order valence-corrected chi connectivity index (χ0v) is 17.2. The Hall–Kier alpha value is -4.35. The number of amides is 3. The van der Waals surface area contributed by atoms with Crippen molar-refractivity contribution < 1.29 is 38.1 Å². The Labute approximate surface area is 180 Å². The van der Waals surface area contributed by atoms with Gasteiger partial charge in [0.2, 0.25) is 11.8 Å². The second-order valence-corrected chi connectivity index (χ2v) is 6.75. The van der Waals surface area contributed by atoms with E-state index in [0.29, 0.717) is 4.90 Å². The first-order chi connectivity index (χ1) is 15.1. The number of anilines is 1. The molecule has 1 aliphatic rings. The molecule has 2 heterocycles. The largest absolute Gasteiger partial charge is 0.462 e. The molecule has 166 valence electrons. The van der Waals surface area contributed by atoms with E-state index in [-0.39, 0.29) is 46.2 Å². The third kappa shape index (κ3) is 3.85. The lowest BCUT2D eigenvalue weighted by Crippen LogP contribution is -2.37. The smallest absolute Gasteiger partial charge is 0.344 e. The van der Waals surface area contributed by atoms with Crippen LogP contribution < -0.4 is 5.32 Å². The van der Waals surface area contributed by atoms with E-state index >= 15 is 0 Å². The van der Waals surface area contributed by atoms with Crippen LogP contribution >= 0.6 is 0 Å². The van der Waals surface area contributed by atoms with Gasteiger partial charge in [0.1, 0.15) is 17.9 Å². The SMILES string of the molecule is CCOC(=O)c1c(NC(=O)CN2C(=O)c3ccc([N+](=O)[O-])cc3C2=O)oc(C)c1C(C)=O. The standard InChI is InChI=1S/C20H17N3O9/c1-4-31-20(28)16-15(9(2)24)10(3)32-17(16)21-14(25)8-22-18(26)12-6-5-11(23(29)30)7-13(12)19(22)27/h5-7H,4,8H2,1-3H3,(H,21,25). The van der Waals surface area contributed by atoms with Crippen molar-refractivity contribution in [2.45, 2.75) is 20.8 Å². The summed E-state index contributed by atoms with van der Waals surface area (Å²) in [6.07, 6.45) is 0. The van der Waals surface area contributed by atoms with Crippen molar-refractivity contribution in [3.63, 3.8) is 0 Å². The lowest BCUT2D eigenvalue weighted by Gasteiger charge is -2.13. The maximum Gasteiger partial charge on any atom is 0.344 e. The fourth-order valence-electron chi connectivity index (χ4n) is 3.30. The first-order valence-corrected chi connectivity index (χ1v) is 9.32. The highest BCUT2D eigenvalue weighted by atomic mass is 16.6. The molecule has 12 nitrogen and oxygen atoms in total. The van der Waals surface area contributed by atoms with Gasteiger partial charge in [0, 0.05) is 12.1 Å². The molecule has 1 aliphatic heterocycles. The number of Topliss-reactive ketones (excluding diaryl/α,β-unsaturated/α-hetero) is 1. The van der Waals surface area contributed by atoms with Crippen LogP contribution in [0.3, 0.4) is 0 Å². The Morgan fingerprint density at radius 1 is 1.16 bits per heavy atom. The number of imide groups is 1. The Kier molecular flexibility index (Phi) is 5.87. The average Bonchev–Trinajstić information content (AvgIpc) is 3.17. The second kappa shape index (κ2) is 8.41. The summed E-state index contributed by atoms with van der Waals surface area (Å²) in [6.45, 7) is 3.45. The molecule has 0 aliphatic carbocycles. The molecule has 3 rings (SSSR count). The molecule has 0 saturated heterocycles. The molecule has 0 fully saturated rings. The van der Waals surface area contributed by atoms with Gasteiger partial charge in [0.15, 0.2) is 5.78 Å². The number of hydrogen-bond acceptors (Lipinski definition) is 9. The zero-order chi connectivity index (χ0) is 23.7. The molecule has 1 aromatic carbocycles. The number of non-ortho nitro benzene ring substituents is 1. The van der Waals surface area contributed by atoms with Crippen LogP contribution in [0.5, 0.6) is 0 Å². The number of benzene rings is 1. The first kappa shape index (κ1) is 22.3. The molecule has 0 saturated carbocycles. The maximum absolute atomic E-state index is 12.5. The number of ketones is 1. The number of nitro benzene ring substituents is 1. The van der Waals surface area contributed by atoms with Gasteiger partial charge in [-0.05, 0) is 26.8 Å². The minimum atomic E-state index is -0.900. The number of carbonyl (C=O) groups is 5. The van der Waals surface area contributed by atoms with Gasteiger partial charge in [-0.15, -0.1) is 0 Å². The summed E-state index contributed by atoms with van der Waals surface area (Å²) in [5.74, 6) is -4.25. The van der Waals surface area contributed by atoms with E-state index in [1.54, 1.807) is 6.92 Å². The Balaban J connectivity index is 1.85. The summed E-state index contributed by atoms with van der Waals surface area (Å²) in [7, 11) is 0. The van der Waals surface area contributed by atoms with Crippen LogP contribution in [-0.4, -0.2) is 52.4 Å². The van der Waals surface area contributed by atoms with Crippen molar-refractivity contribution in [2.75, 3.05) is 18.5 Å². The van der Waals surface area contributed by atoms with Gasteiger partial charge in [-0.1, -0.05) is 0 Å². The molecule has 0 bridgehead atoms. The summed E-state index contributed by atoms with van der Waals surface area (Å²) in [4.78, 5) is 72.6. The molecule has 0 radical (unpaired) electrons. The van der Waals surface area contributed by atoms with Gasteiger partial charge >= 0.3 is 5.97 Å². The van der Waals surface area contributed by atoms with Gasteiger partial charge in [0.25, 0.3) is 17.5 Å². The number of nitrogens with one attached hydrogen (secondary N) is 1. The molecule has 0 spiro atoms. The van der Waals surface area contributed by atoms with Crippen molar-refractivity contribution >= 4 is 41.0 Å². The van der Waals surface area contributed by atoms with Gasteiger partial charge < -0.3 is 9.15 Å². The minimum absolute atomic E-state index is 0.00890. The Morgan fingerprint density at radius 3 is 2.41 bits per heavy atom.